The highest BCUT2D eigenvalue weighted by Crippen LogP contribution is 2.50. The van der Waals surface area contributed by atoms with Gasteiger partial charge in [-0.15, -0.1) is 35.8 Å². The summed E-state index contributed by atoms with van der Waals surface area (Å²) in [4.78, 5) is 12.4. The number of phenols is 2. The van der Waals surface area contributed by atoms with Gasteiger partial charge in [-0.05, 0) is 72.8 Å². The van der Waals surface area contributed by atoms with Crippen LogP contribution in [0.3, 0.4) is 0 Å². The average Bonchev–Trinajstić information content (AvgIpc) is 3.52. The molecule has 7 aromatic rings. The minimum Gasteiger partial charge on any atom is -0.505 e. The van der Waals surface area contributed by atoms with Crippen molar-refractivity contribution in [2.45, 2.75) is 34.3 Å². The number of hydrogen-bond acceptors (Lipinski definition) is 28. The van der Waals surface area contributed by atoms with Gasteiger partial charge in [0.2, 0.25) is 0 Å². The molecule has 0 aliphatic heterocycles. The van der Waals surface area contributed by atoms with Crippen LogP contribution in [0, 0.1) is 10.1 Å². The van der Waals surface area contributed by atoms with Crippen molar-refractivity contribution >= 4 is 155 Å². The van der Waals surface area contributed by atoms with E-state index in [1.165, 1.54) is 0 Å². The van der Waals surface area contributed by atoms with E-state index in [-0.39, 0.29) is 18.2 Å². The predicted molar refractivity (Wildman–Crippen MR) is 274 cm³/mol. The van der Waals surface area contributed by atoms with Crippen LogP contribution in [0.5, 0.6) is 11.5 Å². The van der Waals surface area contributed by atoms with Crippen molar-refractivity contribution in [1.82, 2.24) is 0 Å². The number of hydrogen-bond donors (Lipinski definition) is 11. The number of carboxylic acid groups (broad SMARTS) is 1. The second kappa shape index (κ2) is 21.5. The van der Waals surface area contributed by atoms with E-state index in [9.17, 15) is 121 Å². The fraction of sp³-hybridized carbons (Fsp3) is 0. The number of aromatic carboxylic acids is 1. The number of phenolic OH excluding ortho intramolecular Hbond substituents is 2. The fourth-order valence-electron chi connectivity index (χ4n) is 7.25. The van der Waals surface area contributed by atoms with E-state index in [2.05, 4.69) is 40.9 Å². The number of nitro groups is 1. The summed E-state index contributed by atoms with van der Waals surface area (Å²) in [6.45, 7) is 0. The molecule has 7 rings (SSSR count). The molecule has 0 bridgehead atoms. The zero-order valence-corrected chi connectivity index (χ0v) is 45.2. The average molecular weight is 1290 g/mol. The first-order valence-corrected chi connectivity index (χ1v) is 30.8. The maximum absolute atomic E-state index is 13.1. The summed E-state index contributed by atoms with van der Waals surface area (Å²) in [6, 6.07) is 7.64. The topological polar surface area (TPSA) is 626 Å². The zero-order valence-electron chi connectivity index (χ0n) is 39.5. The first-order chi connectivity index (χ1) is 38.0. The number of carboxylic acids is 1. The zero-order chi connectivity index (χ0) is 62.1. The van der Waals surface area contributed by atoms with Gasteiger partial charge in [-0.25, -0.2) is 4.79 Å². The maximum Gasteiger partial charge on any atom is 0.337 e. The van der Waals surface area contributed by atoms with Gasteiger partial charge >= 0.3 is 5.97 Å². The molecule has 37 nitrogen and oxygen atoms in total. The molecule has 0 saturated carbocycles. The van der Waals surface area contributed by atoms with E-state index < -0.39 is 211 Å². The molecule has 7 aromatic carbocycles. The third-order valence-electron chi connectivity index (χ3n) is 10.8. The van der Waals surface area contributed by atoms with Crippen molar-refractivity contribution in [3.63, 3.8) is 0 Å². The van der Waals surface area contributed by atoms with Crippen molar-refractivity contribution < 1.29 is 116 Å². The molecule has 0 heterocycles. The van der Waals surface area contributed by atoms with E-state index in [0.717, 1.165) is 12.1 Å². The maximum atomic E-state index is 13.1. The van der Waals surface area contributed by atoms with Crippen LogP contribution >= 0.6 is 0 Å². The molecule has 0 spiro atoms. The highest BCUT2D eigenvalue weighted by molar-refractivity contribution is 7.87. The van der Waals surface area contributed by atoms with Crippen LogP contribution in [-0.2, 0) is 70.8 Å². The minimum atomic E-state index is -5.80. The van der Waals surface area contributed by atoms with E-state index in [1.54, 1.807) is 0 Å². The van der Waals surface area contributed by atoms with Crippen LogP contribution in [0.15, 0.2) is 160 Å². The molecule has 0 saturated heterocycles. The van der Waals surface area contributed by atoms with Gasteiger partial charge in [0, 0.05) is 28.3 Å². The summed E-state index contributed by atoms with van der Waals surface area (Å²) in [7, 11) is -38.7. The molecule has 0 aliphatic carbocycles. The molecule has 0 aliphatic rings. The van der Waals surface area contributed by atoms with Crippen molar-refractivity contribution in [2.75, 3.05) is 5.73 Å². The Hall–Kier alpha value is -8.90. The monoisotopic (exact) mass is 1290 g/mol. The summed E-state index contributed by atoms with van der Waals surface area (Å²) >= 11 is 0. The summed E-state index contributed by atoms with van der Waals surface area (Å²) in [5, 5.41) is 67.7. The van der Waals surface area contributed by atoms with Crippen molar-refractivity contribution in [3.05, 3.63) is 101 Å². The van der Waals surface area contributed by atoms with Gasteiger partial charge in [-0.1, -0.05) is 0 Å². The van der Waals surface area contributed by atoms with Crippen LogP contribution in [0.1, 0.15) is 10.4 Å². The lowest BCUT2D eigenvalue weighted by atomic mass is 10.0. The van der Waals surface area contributed by atoms with Crippen LogP contribution in [0.4, 0.5) is 56.9 Å². The number of rotatable bonds is 17. The Kier molecular flexibility index (Phi) is 15.9. The highest BCUT2D eigenvalue weighted by Gasteiger charge is 2.32. The van der Waals surface area contributed by atoms with Gasteiger partial charge in [0.05, 0.1) is 32.1 Å². The highest BCUT2D eigenvalue weighted by atomic mass is 32.2. The lowest BCUT2D eigenvalue weighted by Crippen LogP contribution is -2.04. The van der Waals surface area contributed by atoms with E-state index in [0.29, 0.717) is 54.6 Å². The van der Waals surface area contributed by atoms with Crippen molar-refractivity contribution in [3.8, 4) is 11.5 Å². The number of carbonyl (C=O) groups is 1. The smallest absolute Gasteiger partial charge is 0.337 e. The molecule has 0 amide bonds. The van der Waals surface area contributed by atoms with Crippen LogP contribution in [-0.4, -0.2) is 117 Å². The van der Waals surface area contributed by atoms with Crippen molar-refractivity contribution in [1.29, 1.82) is 0 Å². The molecular formula is C39H26N10O27S7. The van der Waals surface area contributed by atoms with Crippen LogP contribution in [0.2, 0.25) is 0 Å². The molecule has 0 atom stereocenters. The van der Waals surface area contributed by atoms with Gasteiger partial charge in [0.15, 0.2) is 11.5 Å². The number of anilines is 1. The molecule has 0 aromatic heterocycles. The SMILES string of the molecule is Nc1c(N=Nc2ccc3c(O)c(N=Nc4ccc(N=Nc5cc(S(=O)(=O)O)ccc5C(=O)O)cc4S(=O)(=O)O)c(S(=O)(=O)O)cc3c2S(=O)(=O)O)cc(S(=O)(=O)O)c2cc(S(=O)(=O)O)c(N=Nc3ccc([N+](=O)[O-])cc3S(=O)(=O)O)c(O)c12. The van der Waals surface area contributed by atoms with Crippen LogP contribution < -0.4 is 5.73 Å². The van der Waals surface area contributed by atoms with E-state index in [1.807, 2.05) is 0 Å². The Labute approximate surface area is 461 Å². The number of nitrogens with zero attached hydrogens (tertiary/aromatic N) is 9. The standard InChI is InChI=1S/C39H26N10O27S7/c40-33-26(14-27(78(59,60)61)21-13-31(82(71,72)73)35(37(51)32(21)33)48-43-23-7-2-16(49(54)55)10-29(23)80(65,66)67)46-44-24-8-5-18-20(38(24)83(74,75)76)12-30(81(68,69)70)34(36(18)50)47-42-22-6-1-15(9-28(22)79(62,63)64)41-45-25-11-17(77(56,57)58)3-4-19(25)39(52)53/h1-14,50-51H,40H2,(H,52,53)(H,56,57,58)(H,59,60,61)(H,62,63,64)(H,65,66,67)(H,68,69,70)(H,71,72,73)(H,74,75,76). The Morgan fingerprint density at radius 3 is 1.41 bits per heavy atom. The number of azo groups is 4. The summed E-state index contributed by atoms with van der Waals surface area (Å²) in [5.74, 6) is -4.68. The normalized spacial score (nSPS) is 13.3. The quantitative estimate of drug-likeness (QED) is 0.0144. The van der Waals surface area contributed by atoms with Gasteiger partial charge in [-0.2, -0.15) is 64.0 Å². The number of nitro benzene ring substituents is 1. The molecule has 12 N–H and O–H groups in total. The number of nitrogen functional groups attached to an aromatic ring is 1. The molecular weight excluding hydrogens is 1260 g/mol. The Balaban J connectivity index is 1.39. The predicted octanol–water partition coefficient (Wildman–Crippen LogP) is 6.98. The van der Waals surface area contributed by atoms with E-state index >= 15 is 0 Å². The second-order valence-corrected chi connectivity index (χ2v) is 25.8. The molecule has 83 heavy (non-hydrogen) atoms. The fourth-order valence-corrected chi connectivity index (χ4v) is 11.8. The molecule has 0 unspecified atom stereocenters. The number of benzene rings is 7. The Bertz CT molecular complexity index is 5040. The lowest BCUT2D eigenvalue weighted by Gasteiger charge is -2.15. The van der Waals surface area contributed by atoms with Gasteiger partial charge in [0.1, 0.15) is 69.2 Å². The summed E-state index contributed by atoms with van der Waals surface area (Å²) < 4.78 is 245. The third kappa shape index (κ3) is 12.9. The van der Waals surface area contributed by atoms with E-state index in [4.69, 9.17) is 5.73 Å². The second-order valence-electron chi connectivity index (χ2n) is 16.1. The number of nitrogens with two attached hydrogens (primary N) is 1. The number of aromatic hydroxyl groups is 2. The molecule has 0 radical (unpaired) electrons. The lowest BCUT2D eigenvalue weighted by molar-refractivity contribution is -0.385. The van der Waals surface area contributed by atoms with Crippen LogP contribution in [0.25, 0.3) is 21.5 Å². The number of non-ortho nitro benzene ring substituents is 1. The van der Waals surface area contributed by atoms with Crippen molar-refractivity contribution in [2.24, 2.45) is 40.9 Å². The molecule has 44 heteroatoms. The molecule has 0 fully saturated rings. The first-order valence-electron chi connectivity index (χ1n) is 20.7. The largest absolute Gasteiger partial charge is 0.505 e. The first kappa shape index (κ1) is 61.7. The Morgan fingerprint density at radius 2 is 0.904 bits per heavy atom. The third-order valence-corrected chi connectivity index (χ3v) is 17.0. The summed E-state index contributed by atoms with van der Waals surface area (Å²) in [5.41, 5.74) is -4.43. The Morgan fingerprint density at radius 1 is 0.434 bits per heavy atom. The number of fused-ring (bicyclic) bond motifs is 2. The van der Waals surface area contributed by atoms with Gasteiger partial charge in [-0.3, -0.25) is 42.0 Å². The summed E-state index contributed by atoms with van der Waals surface area (Å²) in [6.07, 6.45) is 0. The van der Waals surface area contributed by atoms with Gasteiger partial charge < -0.3 is 21.1 Å². The molecule has 436 valence electrons. The van der Waals surface area contributed by atoms with Gasteiger partial charge in [0.25, 0.3) is 76.5 Å². The minimum absolute atomic E-state index is 0.228.